The molecule has 2 N–H and O–H groups in total. The maximum Gasteiger partial charge on any atom is 0.261 e. The highest BCUT2D eigenvalue weighted by molar-refractivity contribution is 7.92. The Kier molecular flexibility index (Phi) is 5.59. The fourth-order valence-corrected chi connectivity index (χ4v) is 3.08. The van der Waals surface area contributed by atoms with Crippen molar-refractivity contribution in [1.29, 1.82) is 0 Å². The summed E-state index contributed by atoms with van der Waals surface area (Å²) in [5.74, 6) is 0.577. The van der Waals surface area contributed by atoms with Crippen molar-refractivity contribution in [2.45, 2.75) is 11.0 Å². The van der Waals surface area contributed by atoms with Crippen molar-refractivity contribution in [3.05, 3.63) is 54.1 Å². The molecule has 0 saturated carbocycles. The van der Waals surface area contributed by atoms with Gasteiger partial charge in [0.25, 0.3) is 10.0 Å². The van der Waals surface area contributed by atoms with Gasteiger partial charge >= 0.3 is 0 Å². The van der Waals surface area contributed by atoms with Gasteiger partial charge in [-0.2, -0.15) is 0 Å². The summed E-state index contributed by atoms with van der Waals surface area (Å²) in [6.07, 6.45) is -0.814. The Morgan fingerprint density at radius 2 is 1.83 bits per heavy atom. The summed E-state index contributed by atoms with van der Waals surface area (Å²) >= 11 is 0. The minimum atomic E-state index is -3.71. The fraction of sp³-hybridized carbons (Fsp3) is 0.250. The molecule has 1 unspecified atom stereocenters. The lowest BCUT2D eigenvalue weighted by Crippen LogP contribution is -2.13. The number of benzene rings is 2. The maximum absolute atomic E-state index is 12.4. The van der Waals surface area contributed by atoms with Crippen LogP contribution >= 0.6 is 0 Å². The average Bonchev–Trinajstić information content (AvgIpc) is 2.55. The number of aliphatic hydroxyl groups excluding tert-OH is 1. The highest BCUT2D eigenvalue weighted by atomic mass is 32.2. The SMILES string of the molecule is COCC(O)c1cccc(NS(=O)(=O)c2ccc(OC)cc2)c1. The summed E-state index contributed by atoms with van der Waals surface area (Å²) in [6, 6.07) is 12.6. The smallest absolute Gasteiger partial charge is 0.261 e. The Morgan fingerprint density at radius 1 is 1.13 bits per heavy atom. The highest BCUT2D eigenvalue weighted by Crippen LogP contribution is 2.22. The quantitative estimate of drug-likeness (QED) is 0.809. The highest BCUT2D eigenvalue weighted by Gasteiger charge is 2.15. The van der Waals surface area contributed by atoms with Gasteiger partial charge in [-0.05, 0) is 42.0 Å². The molecule has 2 aromatic rings. The monoisotopic (exact) mass is 337 g/mol. The zero-order valence-corrected chi connectivity index (χ0v) is 13.7. The van der Waals surface area contributed by atoms with Crippen LogP contribution in [0.4, 0.5) is 5.69 Å². The largest absolute Gasteiger partial charge is 0.497 e. The lowest BCUT2D eigenvalue weighted by molar-refractivity contribution is 0.0644. The van der Waals surface area contributed by atoms with Gasteiger partial charge in [0.05, 0.1) is 18.6 Å². The van der Waals surface area contributed by atoms with Crippen LogP contribution < -0.4 is 9.46 Å². The van der Waals surface area contributed by atoms with Crippen molar-refractivity contribution in [3.8, 4) is 5.75 Å². The van der Waals surface area contributed by atoms with E-state index in [1.165, 1.54) is 26.4 Å². The molecule has 0 aliphatic heterocycles. The van der Waals surface area contributed by atoms with Crippen LogP contribution in [0.3, 0.4) is 0 Å². The van der Waals surface area contributed by atoms with Crippen LogP contribution in [-0.2, 0) is 14.8 Å². The molecule has 0 radical (unpaired) electrons. The molecule has 2 aromatic carbocycles. The normalized spacial score (nSPS) is 12.7. The van der Waals surface area contributed by atoms with Crippen molar-refractivity contribution in [1.82, 2.24) is 0 Å². The van der Waals surface area contributed by atoms with Gasteiger partial charge in [0.1, 0.15) is 11.9 Å². The first-order valence-electron chi connectivity index (χ1n) is 6.90. The Balaban J connectivity index is 2.21. The maximum atomic E-state index is 12.4. The molecule has 23 heavy (non-hydrogen) atoms. The van der Waals surface area contributed by atoms with Crippen LogP contribution in [0, 0.1) is 0 Å². The first-order chi connectivity index (χ1) is 11.0. The van der Waals surface area contributed by atoms with Gasteiger partial charge in [-0.15, -0.1) is 0 Å². The molecular formula is C16H19NO5S. The summed E-state index contributed by atoms with van der Waals surface area (Å²) in [5, 5.41) is 9.90. The van der Waals surface area contributed by atoms with E-state index in [9.17, 15) is 13.5 Å². The van der Waals surface area contributed by atoms with E-state index in [1.807, 2.05) is 0 Å². The van der Waals surface area contributed by atoms with E-state index in [2.05, 4.69) is 4.72 Å². The third-order valence-corrected chi connectivity index (χ3v) is 4.62. The molecule has 7 heteroatoms. The predicted octanol–water partition coefficient (Wildman–Crippen LogP) is 2.18. The third kappa shape index (κ3) is 4.44. The Hall–Kier alpha value is -2.09. The molecule has 0 fully saturated rings. The molecule has 1 atom stereocenters. The molecule has 0 spiro atoms. The second kappa shape index (κ2) is 7.45. The van der Waals surface area contributed by atoms with E-state index >= 15 is 0 Å². The van der Waals surface area contributed by atoms with Crippen LogP contribution in [0.5, 0.6) is 5.75 Å². The number of sulfonamides is 1. The Morgan fingerprint density at radius 3 is 2.43 bits per heavy atom. The molecule has 2 rings (SSSR count). The number of hydrogen-bond donors (Lipinski definition) is 2. The Labute approximate surface area is 135 Å². The van der Waals surface area contributed by atoms with Crippen molar-refractivity contribution in [2.24, 2.45) is 0 Å². The summed E-state index contributed by atoms with van der Waals surface area (Å²) in [5.41, 5.74) is 0.940. The van der Waals surface area contributed by atoms with Crippen LogP contribution in [0.1, 0.15) is 11.7 Å². The lowest BCUT2D eigenvalue weighted by atomic mass is 10.1. The van der Waals surface area contributed by atoms with Crippen LogP contribution in [0.2, 0.25) is 0 Å². The van der Waals surface area contributed by atoms with E-state index in [-0.39, 0.29) is 11.5 Å². The minimum Gasteiger partial charge on any atom is -0.497 e. The van der Waals surface area contributed by atoms with Crippen LogP contribution in [-0.4, -0.2) is 34.4 Å². The summed E-state index contributed by atoms with van der Waals surface area (Å²) in [6.45, 7) is 0.134. The first-order valence-corrected chi connectivity index (χ1v) is 8.38. The number of hydrogen-bond acceptors (Lipinski definition) is 5. The number of anilines is 1. The number of nitrogens with one attached hydrogen (secondary N) is 1. The summed E-state index contributed by atoms with van der Waals surface area (Å²) < 4.78 is 37.1. The lowest BCUT2D eigenvalue weighted by Gasteiger charge is -2.13. The van der Waals surface area contributed by atoms with E-state index in [4.69, 9.17) is 9.47 Å². The van der Waals surface area contributed by atoms with Crippen molar-refractivity contribution in [3.63, 3.8) is 0 Å². The van der Waals surface area contributed by atoms with Gasteiger partial charge in [-0.1, -0.05) is 12.1 Å². The van der Waals surface area contributed by atoms with Crippen molar-refractivity contribution < 1.29 is 23.0 Å². The molecule has 0 aliphatic carbocycles. The molecular weight excluding hydrogens is 318 g/mol. The van der Waals surface area contributed by atoms with E-state index in [0.717, 1.165) is 0 Å². The molecule has 0 aliphatic rings. The van der Waals surface area contributed by atoms with E-state index < -0.39 is 16.1 Å². The van der Waals surface area contributed by atoms with Gasteiger partial charge in [0.15, 0.2) is 0 Å². The topological polar surface area (TPSA) is 84.9 Å². The van der Waals surface area contributed by atoms with E-state index in [1.54, 1.807) is 36.4 Å². The zero-order chi connectivity index (χ0) is 16.9. The predicted molar refractivity (Wildman–Crippen MR) is 87.1 cm³/mol. The Bertz CT molecular complexity index is 743. The van der Waals surface area contributed by atoms with Gasteiger partial charge in [-0.3, -0.25) is 4.72 Å². The molecule has 0 bridgehead atoms. The van der Waals surface area contributed by atoms with Gasteiger partial charge in [0.2, 0.25) is 0 Å². The van der Waals surface area contributed by atoms with Crippen molar-refractivity contribution in [2.75, 3.05) is 25.5 Å². The minimum absolute atomic E-state index is 0.126. The molecule has 0 heterocycles. The van der Waals surface area contributed by atoms with Gasteiger partial charge in [0, 0.05) is 12.8 Å². The summed E-state index contributed by atoms with van der Waals surface area (Å²) in [4.78, 5) is 0.126. The number of rotatable bonds is 7. The molecule has 0 amide bonds. The number of methoxy groups -OCH3 is 2. The van der Waals surface area contributed by atoms with Gasteiger partial charge < -0.3 is 14.6 Å². The second-order valence-electron chi connectivity index (χ2n) is 4.88. The van der Waals surface area contributed by atoms with Crippen LogP contribution in [0.15, 0.2) is 53.4 Å². The zero-order valence-electron chi connectivity index (χ0n) is 12.9. The van der Waals surface area contributed by atoms with Gasteiger partial charge in [-0.25, -0.2) is 8.42 Å². The molecule has 6 nitrogen and oxygen atoms in total. The fourth-order valence-electron chi connectivity index (χ4n) is 2.03. The summed E-state index contributed by atoms with van der Waals surface area (Å²) in [7, 11) is -0.713. The standard InChI is InChI=1S/C16H19NO5S/c1-21-11-16(18)12-4-3-5-13(10-12)17-23(19,20)15-8-6-14(22-2)7-9-15/h3-10,16-18H,11H2,1-2H3. The van der Waals surface area contributed by atoms with Crippen LogP contribution in [0.25, 0.3) is 0 Å². The average molecular weight is 337 g/mol. The molecule has 0 aromatic heterocycles. The van der Waals surface area contributed by atoms with E-state index in [0.29, 0.717) is 17.0 Å². The third-order valence-electron chi connectivity index (χ3n) is 3.22. The first kappa shape index (κ1) is 17.3. The van der Waals surface area contributed by atoms with Crippen molar-refractivity contribution >= 4 is 15.7 Å². The number of aliphatic hydroxyl groups is 1. The molecule has 124 valence electrons. The second-order valence-corrected chi connectivity index (χ2v) is 6.56. The molecule has 0 saturated heterocycles. The number of ether oxygens (including phenoxy) is 2.